The molecule has 1 aliphatic carbocycles. The van der Waals surface area contributed by atoms with E-state index in [1.165, 1.54) is 32.2 Å². The molecule has 4 atom stereocenters. The minimum absolute atomic E-state index is 0.0113. The van der Waals surface area contributed by atoms with Gasteiger partial charge in [0.1, 0.15) is 0 Å². The lowest BCUT2D eigenvalue weighted by Gasteiger charge is -2.46. The van der Waals surface area contributed by atoms with Crippen molar-refractivity contribution in [2.75, 3.05) is 19.6 Å². The Morgan fingerprint density at radius 1 is 1.28 bits per heavy atom. The van der Waals surface area contributed by atoms with Crippen molar-refractivity contribution in [2.24, 2.45) is 17.1 Å². The van der Waals surface area contributed by atoms with Crippen LogP contribution in [0.1, 0.15) is 51.9 Å². The van der Waals surface area contributed by atoms with Crippen LogP contribution in [0.5, 0.6) is 0 Å². The van der Waals surface area contributed by atoms with Gasteiger partial charge in [0.15, 0.2) is 0 Å². The van der Waals surface area contributed by atoms with Crippen molar-refractivity contribution < 1.29 is 5.11 Å². The zero-order valence-electron chi connectivity index (χ0n) is 11.7. The van der Waals surface area contributed by atoms with Gasteiger partial charge in [0.25, 0.3) is 0 Å². The van der Waals surface area contributed by atoms with Crippen LogP contribution in [0, 0.1) is 11.3 Å². The molecule has 0 radical (unpaired) electrons. The SMILES string of the molecule is CCC1CCC(CN)(C2(O)CCN3CCCC32)C1. The van der Waals surface area contributed by atoms with Crippen molar-refractivity contribution in [3.05, 3.63) is 0 Å². The molecule has 0 bridgehead atoms. The molecule has 3 heteroatoms. The summed E-state index contributed by atoms with van der Waals surface area (Å²) in [5.74, 6) is 0.785. The third-order valence-electron chi connectivity index (χ3n) is 6.29. The molecule has 0 spiro atoms. The second-order valence-corrected chi connectivity index (χ2v) is 6.87. The van der Waals surface area contributed by atoms with Crippen LogP contribution in [0.2, 0.25) is 0 Å². The first kappa shape index (κ1) is 12.9. The van der Waals surface area contributed by atoms with Crippen LogP contribution in [-0.4, -0.2) is 41.3 Å². The van der Waals surface area contributed by atoms with E-state index in [9.17, 15) is 5.11 Å². The van der Waals surface area contributed by atoms with Crippen LogP contribution in [0.3, 0.4) is 0 Å². The van der Waals surface area contributed by atoms with E-state index in [2.05, 4.69) is 11.8 Å². The van der Waals surface area contributed by atoms with Crippen molar-refractivity contribution in [3.63, 3.8) is 0 Å². The highest BCUT2D eigenvalue weighted by Gasteiger charge is 2.60. The van der Waals surface area contributed by atoms with Crippen molar-refractivity contribution in [3.8, 4) is 0 Å². The third kappa shape index (κ3) is 1.60. The van der Waals surface area contributed by atoms with Crippen LogP contribution >= 0.6 is 0 Å². The minimum Gasteiger partial charge on any atom is -0.388 e. The molecule has 4 unspecified atom stereocenters. The molecular formula is C15H28N2O. The largest absolute Gasteiger partial charge is 0.388 e. The number of nitrogens with two attached hydrogens (primary N) is 1. The van der Waals surface area contributed by atoms with Gasteiger partial charge in [-0.3, -0.25) is 4.90 Å². The molecule has 2 saturated heterocycles. The summed E-state index contributed by atoms with van der Waals surface area (Å²) in [5.41, 5.74) is 5.67. The van der Waals surface area contributed by atoms with Gasteiger partial charge in [-0.05, 0) is 51.0 Å². The maximum absolute atomic E-state index is 11.4. The van der Waals surface area contributed by atoms with Gasteiger partial charge >= 0.3 is 0 Å². The second kappa shape index (κ2) is 4.46. The first-order valence-electron chi connectivity index (χ1n) is 7.82. The van der Waals surface area contributed by atoms with Crippen LogP contribution in [0.15, 0.2) is 0 Å². The Labute approximate surface area is 111 Å². The lowest BCUT2D eigenvalue weighted by molar-refractivity contribution is -0.0965. The molecule has 3 aliphatic rings. The van der Waals surface area contributed by atoms with E-state index in [1.54, 1.807) is 0 Å². The van der Waals surface area contributed by atoms with Gasteiger partial charge in [-0.1, -0.05) is 13.3 Å². The predicted octanol–water partition coefficient (Wildman–Crippen LogP) is 1.74. The van der Waals surface area contributed by atoms with Crippen LogP contribution in [-0.2, 0) is 0 Å². The molecule has 2 aliphatic heterocycles. The number of hydrogen-bond donors (Lipinski definition) is 2. The molecule has 0 aromatic carbocycles. The van der Waals surface area contributed by atoms with E-state index in [1.807, 2.05) is 0 Å². The number of fused-ring (bicyclic) bond motifs is 1. The highest BCUT2D eigenvalue weighted by molar-refractivity contribution is 5.14. The predicted molar refractivity (Wildman–Crippen MR) is 73.3 cm³/mol. The van der Waals surface area contributed by atoms with E-state index >= 15 is 0 Å². The second-order valence-electron chi connectivity index (χ2n) is 6.87. The van der Waals surface area contributed by atoms with E-state index in [0.29, 0.717) is 12.6 Å². The minimum atomic E-state index is -0.498. The number of rotatable bonds is 3. The zero-order chi connectivity index (χ0) is 12.8. The summed E-state index contributed by atoms with van der Waals surface area (Å²) >= 11 is 0. The fourth-order valence-corrected chi connectivity index (χ4v) is 5.07. The monoisotopic (exact) mass is 252 g/mol. The third-order valence-corrected chi connectivity index (χ3v) is 6.29. The molecule has 1 saturated carbocycles. The lowest BCUT2D eigenvalue weighted by atomic mass is 9.65. The summed E-state index contributed by atoms with van der Waals surface area (Å²) in [4.78, 5) is 2.51. The fraction of sp³-hybridized carbons (Fsp3) is 1.00. The number of nitrogens with zero attached hydrogens (tertiary/aromatic N) is 1. The summed E-state index contributed by atoms with van der Waals surface area (Å²) in [7, 11) is 0. The number of aliphatic hydroxyl groups is 1. The Kier molecular flexibility index (Phi) is 3.20. The van der Waals surface area contributed by atoms with Gasteiger partial charge in [0.2, 0.25) is 0 Å². The summed E-state index contributed by atoms with van der Waals surface area (Å²) in [6, 6.07) is 0.400. The van der Waals surface area contributed by atoms with E-state index in [0.717, 1.165) is 31.7 Å². The van der Waals surface area contributed by atoms with Crippen molar-refractivity contribution in [1.29, 1.82) is 0 Å². The van der Waals surface area contributed by atoms with Crippen LogP contribution < -0.4 is 5.73 Å². The summed E-state index contributed by atoms with van der Waals surface area (Å²) < 4.78 is 0. The molecule has 3 fully saturated rings. The topological polar surface area (TPSA) is 49.5 Å². The Bertz CT molecular complexity index is 322. The summed E-state index contributed by atoms with van der Waals surface area (Å²) in [6.45, 7) is 5.21. The van der Waals surface area contributed by atoms with Gasteiger partial charge < -0.3 is 10.8 Å². The van der Waals surface area contributed by atoms with Crippen molar-refractivity contribution >= 4 is 0 Å². The molecule has 104 valence electrons. The Hall–Kier alpha value is -0.120. The molecule has 3 nitrogen and oxygen atoms in total. The highest BCUT2D eigenvalue weighted by Crippen LogP contribution is 2.56. The molecule has 0 aromatic heterocycles. The van der Waals surface area contributed by atoms with E-state index in [4.69, 9.17) is 5.73 Å². The van der Waals surface area contributed by atoms with Crippen molar-refractivity contribution in [1.82, 2.24) is 4.90 Å². The van der Waals surface area contributed by atoms with Crippen LogP contribution in [0.25, 0.3) is 0 Å². The normalized spacial score (nSPS) is 48.8. The quantitative estimate of drug-likeness (QED) is 0.804. The van der Waals surface area contributed by atoms with E-state index < -0.39 is 5.60 Å². The van der Waals surface area contributed by atoms with Gasteiger partial charge in [0, 0.05) is 24.5 Å². The first-order valence-corrected chi connectivity index (χ1v) is 7.82. The average Bonchev–Trinajstić information content (AvgIpc) is 3.07. The first-order chi connectivity index (χ1) is 8.65. The molecule has 3 rings (SSSR count). The zero-order valence-corrected chi connectivity index (χ0v) is 11.7. The summed E-state index contributed by atoms with van der Waals surface area (Å²) in [6.07, 6.45) is 8.18. The maximum atomic E-state index is 11.4. The number of hydrogen-bond acceptors (Lipinski definition) is 3. The summed E-state index contributed by atoms with van der Waals surface area (Å²) in [5, 5.41) is 11.4. The van der Waals surface area contributed by atoms with Crippen LogP contribution in [0.4, 0.5) is 0 Å². The van der Waals surface area contributed by atoms with E-state index in [-0.39, 0.29) is 5.41 Å². The molecule has 0 aromatic rings. The average molecular weight is 252 g/mol. The molecule has 2 heterocycles. The molecular weight excluding hydrogens is 224 g/mol. The fourth-order valence-electron chi connectivity index (χ4n) is 5.07. The Morgan fingerprint density at radius 3 is 2.78 bits per heavy atom. The standard InChI is InChI=1S/C15H28N2O/c1-2-12-5-6-14(10-12,11-16)15(18)7-9-17-8-3-4-13(15)17/h12-13,18H,2-11,16H2,1H3. The highest BCUT2D eigenvalue weighted by atomic mass is 16.3. The van der Waals surface area contributed by atoms with Gasteiger partial charge in [-0.15, -0.1) is 0 Å². The molecule has 18 heavy (non-hydrogen) atoms. The molecule has 0 amide bonds. The van der Waals surface area contributed by atoms with Gasteiger partial charge in [-0.2, -0.15) is 0 Å². The Balaban J connectivity index is 1.87. The van der Waals surface area contributed by atoms with Gasteiger partial charge in [0.05, 0.1) is 5.60 Å². The van der Waals surface area contributed by atoms with Gasteiger partial charge in [-0.25, -0.2) is 0 Å². The van der Waals surface area contributed by atoms with Crippen molar-refractivity contribution in [2.45, 2.75) is 63.5 Å². The molecule has 3 N–H and O–H groups in total. The maximum Gasteiger partial charge on any atom is 0.0882 e. The lowest BCUT2D eigenvalue weighted by Crippen LogP contribution is -2.57. The Morgan fingerprint density at radius 2 is 2.11 bits per heavy atom. The smallest absolute Gasteiger partial charge is 0.0882 e.